The maximum atomic E-state index is 6.10. The van der Waals surface area contributed by atoms with E-state index < -0.39 is 0 Å². The normalized spacial score (nSPS) is 12.5. The molecule has 0 saturated heterocycles. The minimum absolute atomic E-state index is 0.181. The molecule has 15 heavy (non-hydrogen) atoms. The number of hydrogen-bond donors (Lipinski definition) is 1. The molecule has 0 bridgehead atoms. The third-order valence-corrected chi connectivity index (χ3v) is 3.34. The second-order valence-electron chi connectivity index (χ2n) is 3.53. The number of nitrogens with one attached hydrogen (secondary N) is 1. The summed E-state index contributed by atoms with van der Waals surface area (Å²) in [5.41, 5.74) is 0.988. The van der Waals surface area contributed by atoms with Crippen LogP contribution in [0.1, 0.15) is 25.5 Å². The lowest BCUT2D eigenvalue weighted by Gasteiger charge is -2.10. The minimum atomic E-state index is 0.181. The van der Waals surface area contributed by atoms with Crippen molar-refractivity contribution in [2.45, 2.75) is 32.1 Å². The van der Waals surface area contributed by atoms with Crippen LogP contribution in [0, 0.1) is 6.92 Å². The fourth-order valence-electron chi connectivity index (χ4n) is 1.27. The molecule has 1 unspecified atom stereocenters. The van der Waals surface area contributed by atoms with Gasteiger partial charge in [0.1, 0.15) is 5.82 Å². The average molecular weight is 292 g/mol. The Kier molecular flexibility index (Phi) is 5.40. The van der Waals surface area contributed by atoms with Gasteiger partial charge in [-0.1, -0.05) is 13.3 Å². The largest absolute Gasteiger partial charge is 0.369 e. The standard InChI is InChI=1S/C11H16BrClN2/c1-3-4-9(13)7-14-11-6-5-10(12)8(2)15-11/h5-6,9H,3-4,7H2,1-2H3,(H,14,15). The van der Waals surface area contributed by atoms with Gasteiger partial charge in [0.25, 0.3) is 0 Å². The van der Waals surface area contributed by atoms with Gasteiger partial charge < -0.3 is 5.32 Å². The van der Waals surface area contributed by atoms with Gasteiger partial charge >= 0.3 is 0 Å². The van der Waals surface area contributed by atoms with E-state index in [1.807, 2.05) is 19.1 Å². The van der Waals surface area contributed by atoms with E-state index in [0.29, 0.717) is 0 Å². The van der Waals surface area contributed by atoms with Crippen LogP contribution in [0.3, 0.4) is 0 Å². The predicted octanol–water partition coefficient (Wildman–Crippen LogP) is 3.97. The SMILES string of the molecule is CCCC(Cl)CNc1ccc(Br)c(C)n1. The first-order valence-electron chi connectivity index (χ1n) is 5.14. The van der Waals surface area contributed by atoms with Crippen molar-refractivity contribution in [1.29, 1.82) is 0 Å². The van der Waals surface area contributed by atoms with Crippen LogP contribution in [0.25, 0.3) is 0 Å². The maximum absolute atomic E-state index is 6.10. The van der Waals surface area contributed by atoms with Gasteiger partial charge in [-0.25, -0.2) is 4.98 Å². The van der Waals surface area contributed by atoms with E-state index in [4.69, 9.17) is 11.6 Å². The highest BCUT2D eigenvalue weighted by Gasteiger charge is 2.04. The first-order valence-corrected chi connectivity index (χ1v) is 6.37. The van der Waals surface area contributed by atoms with Gasteiger partial charge in [-0.3, -0.25) is 0 Å². The molecular formula is C11H16BrClN2. The summed E-state index contributed by atoms with van der Waals surface area (Å²) in [5, 5.41) is 3.41. The van der Waals surface area contributed by atoms with Crippen molar-refractivity contribution in [1.82, 2.24) is 4.98 Å². The third kappa shape index (κ3) is 4.39. The Morgan fingerprint density at radius 1 is 1.53 bits per heavy atom. The summed E-state index contributed by atoms with van der Waals surface area (Å²) < 4.78 is 1.03. The Labute approximate surface area is 105 Å². The van der Waals surface area contributed by atoms with Crippen molar-refractivity contribution in [3.05, 3.63) is 22.3 Å². The zero-order valence-corrected chi connectivity index (χ0v) is 11.4. The summed E-state index contributed by atoms with van der Waals surface area (Å²) in [4.78, 5) is 4.39. The molecule has 1 N–H and O–H groups in total. The van der Waals surface area contributed by atoms with Crippen LogP contribution in [0.15, 0.2) is 16.6 Å². The Morgan fingerprint density at radius 3 is 2.87 bits per heavy atom. The number of hydrogen-bond acceptors (Lipinski definition) is 2. The van der Waals surface area contributed by atoms with E-state index in [1.54, 1.807) is 0 Å². The number of pyridine rings is 1. The molecule has 1 heterocycles. The van der Waals surface area contributed by atoms with E-state index in [0.717, 1.165) is 35.4 Å². The summed E-state index contributed by atoms with van der Waals surface area (Å²) in [5.74, 6) is 0.887. The Hall–Kier alpha value is -0.280. The van der Waals surface area contributed by atoms with E-state index in [1.165, 1.54) is 0 Å². The summed E-state index contributed by atoms with van der Waals surface area (Å²) in [6.07, 6.45) is 2.15. The molecule has 1 atom stereocenters. The van der Waals surface area contributed by atoms with Crippen LogP contribution in [0.4, 0.5) is 5.82 Å². The second kappa shape index (κ2) is 6.33. The van der Waals surface area contributed by atoms with Gasteiger partial charge in [0.15, 0.2) is 0 Å². The van der Waals surface area contributed by atoms with E-state index >= 15 is 0 Å². The smallest absolute Gasteiger partial charge is 0.126 e. The fourth-order valence-corrected chi connectivity index (χ4v) is 1.79. The number of halogens is 2. The topological polar surface area (TPSA) is 24.9 Å². The first kappa shape index (κ1) is 12.8. The van der Waals surface area contributed by atoms with Crippen molar-refractivity contribution in [2.75, 3.05) is 11.9 Å². The molecular weight excluding hydrogens is 275 g/mol. The zero-order chi connectivity index (χ0) is 11.3. The molecule has 0 saturated carbocycles. The van der Waals surface area contributed by atoms with Gasteiger partial charge in [-0.2, -0.15) is 0 Å². The van der Waals surface area contributed by atoms with Crippen molar-refractivity contribution in [3.8, 4) is 0 Å². The molecule has 1 aromatic rings. The molecule has 0 aliphatic carbocycles. The predicted molar refractivity (Wildman–Crippen MR) is 69.7 cm³/mol. The quantitative estimate of drug-likeness (QED) is 0.830. The number of aryl methyl sites for hydroxylation is 1. The lowest BCUT2D eigenvalue weighted by Crippen LogP contribution is -2.14. The molecule has 0 radical (unpaired) electrons. The van der Waals surface area contributed by atoms with Crippen LogP contribution >= 0.6 is 27.5 Å². The fraction of sp³-hybridized carbons (Fsp3) is 0.545. The molecule has 0 spiro atoms. The molecule has 1 rings (SSSR count). The van der Waals surface area contributed by atoms with Crippen LogP contribution in [-0.2, 0) is 0 Å². The maximum Gasteiger partial charge on any atom is 0.126 e. The monoisotopic (exact) mass is 290 g/mol. The molecule has 0 aromatic carbocycles. The lowest BCUT2D eigenvalue weighted by molar-refractivity contribution is 0.750. The molecule has 0 aliphatic rings. The van der Waals surface area contributed by atoms with Gasteiger partial charge in [0.2, 0.25) is 0 Å². The number of alkyl halides is 1. The highest BCUT2D eigenvalue weighted by atomic mass is 79.9. The van der Waals surface area contributed by atoms with E-state index in [-0.39, 0.29) is 5.38 Å². The Balaban J connectivity index is 2.47. The third-order valence-electron chi connectivity index (χ3n) is 2.13. The molecule has 0 fully saturated rings. The minimum Gasteiger partial charge on any atom is -0.369 e. The van der Waals surface area contributed by atoms with Gasteiger partial charge in [0.05, 0.1) is 11.1 Å². The summed E-state index contributed by atoms with van der Waals surface area (Å²) >= 11 is 9.52. The van der Waals surface area contributed by atoms with Gasteiger partial charge in [0, 0.05) is 11.0 Å². The van der Waals surface area contributed by atoms with Crippen LogP contribution in [-0.4, -0.2) is 16.9 Å². The van der Waals surface area contributed by atoms with Gasteiger partial charge in [-0.05, 0) is 41.4 Å². The number of anilines is 1. The molecule has 2 nitrogen and oxygen atoms in total. The highest BCUT2D eigenvalue weighted by molar-refractivity contribution is 9.10. The number of rotatable bonds is 5. The Morgan fingerprint density at radius 2 is 2.27 bits per heavy atom. The average Bonchev–Trinajstić information content (AvgIpc) is 2.20. The number of aromatic nitrogens is 1. The zero-order valence-electron chi connectivity index (χ0n) is 9.06. The van der Waals surface area contributed by atoms with E-state index in [2.05, 4.69) is 33.2 Å². The molecule has 84 valence electrons. The number of nitrogens with zero attached hydrogens (tertiary/aromatic N) is 1. The first-order chi connectivity index (χ1) is 7.13. The molecule has 0 amide bonds. The van der Waals surface area contributed by atoms with Crippen molar-refractivity contribution in [3.63, 3.8) is 0 Å². The van der Waals surface area contributed by atoms with Crippen LogP contribution in [0.2, 0.25) is 0 Å². The molecule has 1 aromatic heterocycles. The van der Waals surface area contributed by atoms with Gasteiger partial charge in [-0.15, -0.1) is 11.6 Å². The summed E-state index contributed by atoms with van der Waals surface area (Å²) in [6.45, 7) is 4.88. The van der Waals surface area contributed by atoms with Crippen molar-refractivity contribution >= 4 is 33.3 Å². The molecule has 0 aliphatic heterocycles. The lowest BCUT2D eigenvalue weighted by atomic mass is 10.2. The highest BCUT2D eigenvalue weighted by Crippen LogP contribution is 2.16. The van der Waals surface area contributed by atoms with Crippen LogP contribution < -0.4 is 5.32 Å². The molecule has 4 heteroatoms. The van der Waals surface area contributed by atoms with Crippen LogP contribution in [0.5, 0.6) is 0 Å². The van der Waals surface area contributed by atoms with E-state index in [9.17, 15) is 0 Å². The van der Waals surface area contributed by atoms with Crippen molar-refractivity contribution in [2.24, 2.45) is 0 Å². The Bertz CT molecular complexity index is 317. The van der Waals surface area contributed by atoms with Crippen molar-refractivity contribution < 1.29 is 0 Å². The summed E-state index contributed by atoms with van der Waals surface area (Å²) in [7, 11) is 0. The summed E-state index contributed by atoms with van der Waals surface area (Å²) in [6, 6.07) is 3.94. The second-order valence-corrected chi connectivity index (χ2v) is 5.00.